The molecule has 3 N–H and O–H groups in total. The normalized spacial score (nSPS) is 11.4. The van der Waals surface area contributed by atoms with Crippen LogP contribution in [-0.4, -0.2) is 26.0 Å². The molecule has 0 amide bonds. The summed E-state index contributed by atoms with van der Waals surface area (Å²) in [5.41, 5.74) is 0.214. The second kappa shape index (κ2) is 7.98. The van der Waals surface area contributed by atoms with Crippen molar-refractivity contribution in [1.82, 2.24) is 4.72 Å². The first kappa shape index (κ1) is 18.0. The van der Waals surface area contributed by atoms with Crippen molar-refractivity contribution in [1.29, 1.82) is 0 Å². The monoisotopic (exact) mass is 352 g/mol. The van der Waals surface area contributed by atoms with Gasteiger partial charge in [-0.2, -0.15) is 0 Å². The molecule has 0 saturated carbocycles. The van der Waals surface area contributed by atoms with Gasteiger partial charge in [-0.15, -0.1) is 0 Å². The Morgan fingerprint density at radius 1 is 1.29 bits per heavy atom. The first-order valence-electron chi connectivity index (χ1n) is 7.57. The molecular weight excluding hydrogens is 332 g/mol. The highest BCUT2D eigenvalue weighted by Gasteiger charge is 2.18. The molecule has 0 atom stereocenters. The first-order valence-corrected chi connectivity index (χ1v) is 9.05. The van der Waals surface area contributed by atoms with Crippen molar-refractivity contribution in [3.63, 3.8) is 0 Å². The number of aromatic carboxylic acids is 1. The first-order chi connectivity index (χ1) is 11.4. The molecule has 0 saturated heterocycles. The van der Waals surface area contributed by atoms with E-state index >= 15 is 0 Å². The molecule has 7 nitrogen and oxygen atoms in total. The van der Waals surface area contributed by atoms with Crippen molar-refractivity contribution < 1.29 is 22.7 Å². The van der Waals surface area contributed by atoms with E-state index in [1.807, 2.05) is 6.92 Å². The summed E-state index contributed by atoms with van der Waals surface area (Å²) in [6.45, 7) is 2.57. The van der Waals surface area contributed by atoms with Crippen LogP contribution in [0, 0.1) is 0 Å². The summed E-state index contributed by atoms with van der Waals surface area (Å²) in [5, 5.41) is 12.3. The third-order valence-corrected chi connectivity index (χ3v) is 4.85. The number of anilines is 1. The molecule has 2 aromatic rings. The number of rotatable bonds is 9. The Bertz CT molecular complexity index is 785. The minimum absolute atomic E-state index is 0.0699. The summed E-state index contributed by atoms with van der Waals surface area (Å²) < 4.78 is 32.0. The number of nitrogens with one attached hydrogen (secondary N) is 2. The maximum absolute atomic E-state index is 12.2. The number of carboxylic acid groups (broad SMARTS) is 1. The molecule has 0 unspecified atom stereocenters. The molecule has 1 aromatic heterocycles. The van der Waals surface area contributed by atoms with E-state index in [0.29, 0.717) is 31.0 Å². The van der Waals surface area contributed by atoms with Gasteiger partial charge in [0.1, 0.15) is 5.76 Å². The maximum Gasteiger partial charge on any atom is 0.337 e. The lowest BCUT2D eigenvalue weighted by Crippen LogP contribution is -2.25. The SMILES string of the molecule is CCCCNS(=O)(=O)c1ccc(NCc2ccco2)c(C(=O)O)c1. The molecule has 0 fully saturated rings. The zero-order valence-corrected chi connectivity index (χ0v) is 14.1. The number of benzene rings is 1. The number of sulfonamides is 1. The molecule has 0 aliphatic rings. The van der Waals surface area contributed by atoms with Crippen LogP contribution in [0.5, 0.6) is 0 Å². The number of unbranched alkanes of at least 4 members (excludes halogenated alkanes) is 1. The van der Waals surface area contributed by atoms with Crippen LogP contribution >= 0.6 is 0 Å². The highest BCUT2D eigenvalue weighted by molar-refractivity contribution is 7.89. The van der Waals surface area contributed by atoms with Crippen molar-refractivity contribution in [3.8, 4) is 0 Å². The van der Waals surface area contributed by atoms with Crippen molar-refractivity contribution >= 4 is 21.7 Å². The largest absolute Gasteiger partial charge is 0.478 e. The average Bonchev–Trinajstić information content (AvgIpc) is 3.06. The number of furan rings is 1. The van der Waals surface area contributed by atoms with E-state index in [2.05, 4.69) is 10.0 Å². The second-order valence-corrected chi connectivity index (χ2v) is 6.96. The number of hydrogen-bond donors (Lipinski definition) is 3. The van der Waals surface area contributed by atoms with E-state index in [4.69, 9.17) is 4.42 Å². The predicted molar refractivity (Wildman–Crippen MR) is 89.5 cm³/mol. The fraction of sp³-hybridized carbons (Fsp3) is 0.312. The van der Waals surface area contributed by atoms with Gasteiger partial charge in [-0.25, -0.2) is 17.9 Å². The third kappa shape index (κ3) is 4.59. The van der Waals surface area contributed by atoms with Gasteiger partial charge in [0.15, 0.2) is 0 Å². The van der Waals surface area contributed by atoms with Crippen molar-refractivity contribution in [2.75, 3.05) is 11.9 Å². The van der Waals surface area contributed by atoms with Crippen LogP contribution in [0.4, 0.5) is 5.69 Å². The predicted octanol–water partition coefficient (Wildman–Crippen LogP) is 2.67. The summed E-state index contributed by atoms with van der Waals surface area (Å²) in [6.07, 6.45) is 3.10. The van der Waals surface area contributed by atoms with Gasteiger partial charge >= 0.3 is 5.97 Å². The molecule has 0 radical (unpaired) electrons. The van der Waals surface area contributed by atoms with E-state index in [1.54, 1.807) is 12.1 Å². The van der Waals surface area contributed by atoms with Gasteiger partial charge < -0.3 is 14.8 Å². The molecule has 0 spiro atoms. The molecule has 1 heterocycles. The lowest BCUT2D eigenvalue weighted by Gasteiger charge is -2.11. The van der Waals surface area contributed by atoms with Crippen LogP contribution in [0.15, 0.2) is 45.9 Å². The Morgan fingerprint density at radius 2 is 2.08 bits per heavy atom. The van der Waals surface area contributed by atoms with Gasteiger partial charge in [0.2, 0.25) is 10.0 Å². The van der Waals surface area contributed by atoms with Gasteiger partial charge in [0.25, 0.3) is 0 Å². The van der Waals surface area contributed by atoms with Gasteiger partial charge in [-0.1, -0.05) is 13.3 Å². The van der Waals surface area contributed by atoms with Crippen molar-refractivity contribution in [2.24, 2.45) is 0 Å². The fourth-order valence-electron chi connectivity index (χ4n) is 2.08. The zero-order chi connectivity index (χ0) is 17.6. The van der Waals surface area contributed by atoms with E-state index in [-0.39, 0.29) is 10.5 Å². The molecule has 2 rings (SSSR count). The number of carboxylic acids is 1. The summed E-state index contributed by atoms with van der Waals surface area (Å²) in [7, 11) is -3.72. The van der Waals surface area contributed by atoms with Crippen molar-refractivity contribution in [2.45, 2.75) is 31.2 Å². The van der Waals surface area contributed by atoms with Crippen LogP contribution in [0.2, 0.25) is 0 Å². The fourth-order valence-corrected chi connectivity index (χ4v) is 3.18. The standard InChI is InChI=1S/C16H20N2O5S/c1-2-3-8-18-24(21,22)13-6-7-15(14(10-13)16(19)20)17-11-12-5-4-9-23-12/h4-7,9-10,17-18H,2-3,8,11H2,1H3,(H,19,20). The molecule has 1 aromatic carbocycles. The lowest BCUT2D eigenvalue weighted by molar-refractivity contribution is 0.0697. The summed E-state index contributed by atoms with van der Waals surface area (Å²) in [5.74, 6) is -0.563. The Kier molecular flexibility index (Phi) is 5.99. The maximum atomic E-state index is 12.2. The Labute approximate surface area is 140 Å². The topological polar surface area (TPSA) is 109 Å². The molecule has 0 aliphatic carbocycles. The molecular formula is C16H20N2O5S. The Balaban J connectivity index is 2.21. The smallest absolute Gasteiger partial charge is 0.337 e. The van der Waals surface area contributed by atoms with Gasteiger partial charge in [-0.3, -0.25) is 0 Å². The highest BCUT2D eigenvalue weighted by Crippen LogP contribution is 2.21. The quantitative estimate of drug-likeness (QED) is 0.599. The molecule has 24 heavy (non-hydrogen) atoms. The zero-order valence-electron chi connectivity index (χ0n) is 13.3. The van der Waals surface area contributed by atoms with E-state index in [0.717, 1.165) is 12.5 Å². The second-order valence-electron chi connectivity index (χ2n) is 5.20. The number of carbonyl (C=O) groups is 1. The molecule has 0 bridgehead atoms. The van der Waals surface area contributed by atoms with E-state index in [9.17, 15) is 18.3 Å². The van der Waals surface area contributed by atoms with Crippen LogP contribution in [-0.2, 0) is 16.6 Å². The molecule has 130 valence electrons. The van der Waals surface area contributed by atoms with Crippen LogP contribution in [0.25, 0.3) is 0 Å². The Hall–Kier alpha value is -2.32. The average molecular weight is 352 g/mol. The lowest BCUT2D eigenvalue weighted by atomic mass is 10.2. The van der Waals surface area contributed by atoms with Gasteiger partial charge in [-0.05, 0) is 36.8 Å². The molecule has 8 heteroatoms. The van der Waals surface area contributed by atoms with Crippen LogP contribution in [0.3, 0.4) is 0 Å². The summed E-state index contributed by atoms with van der Waals surface area (Å²) in [6, 6.07) is 7.46. The van der Waals surface area contributed by atoms with Crippen LogP contribution < -0.4 is 10.0 Å². The van der Waals surface area contributed by atoms with E-state index < -0.39 is 16.0 Å². The van der Waals surface area contributed by atoms with Crippen LogP contribution in [0.1, 0.15) is 35.9 Å². The van der Waals surface area contributed by atoms with E-state index in [1.165, 1.54) is 18.4 Å². The highest BCUT2D eigenvalue weighted by atomic mass is 32.2. The Morgan fingerprint density at radius 3 is 2.71 bits per heavy atom. The number of hydrogen-bond acceptors (Lipinski definition) is 5. The van der Waals surface area contributed by atoms with Gasteiger partial charge in [0.05, 0.1) is 23.3 Å². The third-order valence-electron chi connectivity index (χ3n) is 3.39. The minimum Gasteiger partial charge on any atom is -0.478 e. The minimum atomic E-state index is -3.72. The van der Waals surface area contributed by atoms with Crippen molar-refractivity contribution in [3.05, 3.63) is 47.9 Å². The molecule has 0 aliphatic heterocycles. The van der Waals surface area contributed by atoms with Gasteiger partial charge in [0, 0.05) is 12.2 Å². The summed E-state index contributed by atoms with van der Waals surface area (Å²) >= 11 is 0. The summed E-state index contributed by atoms with van der Waals surface area (Å²) in [4.78, 5) is 11.4.